The maximum Gasteiger partial charge on any atom is 0.408 e. The highest BCUT2D eigenvalue weighted by molar-refractivity contribution is 6.30. The fourth-order valence-electron chi connectivity index (χ4n) is 2.07. The Morgan fingerprint density at radius 3 is 2.64 bits per heavy atom. The normalized spacial score (nSPS) is 15.2. The molecule has 25 heavy (non-hydrogen) atoms. The van der Waals surface area contributed by atoms with E-state index in [-0.39, 0.29) is 12.5 Å². The second-order valence-corrected chi connectivity index (χ2v) is 7.30. The van der Waals surface area contributed by atoms with Crippen molar-refractivity contribution in [2.45, 2.75) is 57.8 Å². The number of nitrogens with one attached hydrogen (secondary N) is 1. The SMILES string of the molecule is COC(=O)[C@H](Cc1cc(Cl)cnc1OC1CC1)NC(=O)OC(C)(C)C. The molecule has 1 heterocycles. The van der Waals surface area contributed by atoms with Crippen LogP contribution in [-0.4, -0.2) is 41.9 Å². The molecule has 8 heteroatoms. The lowest BCUT2D eigenvalue weighted by molar-refractivity contribution is -0.143. The van der Waals surface area contributed by atoms with E-state index in [4.69, 9.17) is 25.8 Å². The molecule has 138 valence electrons. The van der Waals surface area contributed by atoms with Crippen LogP contribution in [0.4, 0.5) is 4.79 Å². The van der Waals surface area contributed by atoms with Crippen LogP contribution in [0.2, 0.25) is 5.02 Å². The van der Waals surface area contributed by atoms with E-state index in [0.29, 0.717) is 16.5 Å². The van der Waals surface area contributed by atoms with Crippen LogP contribution in [0.25, 0.3) is 0 Å². The molecule has 1 N–H and O–H groups in total. The van der Waals surface area contributed by atoms with E-state index >= 15 is 0 Å². The van der Waals surface area contributed by atoms with Crippen molar-refractivity contribution < 1.29 is 23.8 Å². The number of pyridine rings is 1. The molecule has 1 aromatic rings. The number of esters is 1. The third-order valence-electron chi connectivity index (χ3n) is 3.30. The second-order valence-electron chi connectivity index (χ2n) is 6.86. The van der Waals surface area contributed by atoms with Gasteiger partial charge in [-0.05, 0) is 39.7 Å². The van der Waals surface area contributed by atoms with Crippen LogP contribution in [0, 0.1) is 0 Å². The quantitative estimate of drug-likeness (QED) is 0.775. The number of halogens is 1. The molecule has 0 radical (unpaired) electrons. The van der Waals surface area contributed by atoms with Crippen molar-refractivity contribution in [1.29, 1.82) is 0 Å². The van der Waals surface area contributed by atoms with Gasteiger partial charge < -0.3 is 19.5 Å². The van der Waals surface area contributed by atoms with Crippen molar-refractivity contribution in [2.75, 3.05) is 7.11 Å². The third kappa shape index (κ3) is 6.42. The summed E-state index contributed by atoms with van der Waals surface area (Å²) >= 11 is 6.01. The lowest BCUT2D eigenvalue weighted by Gasteiger charge is -2.23. The van der Waals surface area contributed by atoms with Gasteiger partial charge in [0.05, 0.1) is 12.1 Å². The summed E-state index contributed by atoms with van der Waals surface area (Å²) in [5.41, 5.74) is -0.0614. The molecule has 0 aliphatic heterocycles. The fourth-order valence-corrected chi connectivity index (χ4v) is 2.25. The molecule has 0 bridgehead atoms. The summed E-state index contributed by atoms with van der Waals surface area (Å²) in [6.45, 7) is 5.21. The summed E-state index contributed by atoms with van der Waals surface area (Å²) in [4.78, 5) is 28.3. The largest absolute Gasteiger partial charge is 0.474 e. The van der Waals surface area contributed by atoms with Gasteiger partial charge in [0, 0.05) is 18.2 Å². The molecule has 1 aliphatic carbocycles. The Hall–Kier alpha value is -2.02. The first kappa shape index (κ1) is 19.3. The Kier molecular flexibility index (Phi) is 6.11. The number of amides is 1. The number of methoxy groups -OCH3 is 1. The van der Waals surface area contributed by atoms with Crippen LogP contribution in [-0.2, 0) is 20.7 Å². The summed E-state index contributed by atoms with van der Waals surface area (Å²) in [5, 5.41) is 2.94. The van der Waals surface area contributed by atoms with Gasteiger partial charge >= 0.3 is 12.1 Å². The average molecular weight is 371 g/mol. The van der Waals surface area contributed by atoms with Gasteiger partial charge in [-0.1, -0.05) is 11.6 Å². The molecular formula is C17H23ClN2O5. The maximum atomic E-state index is 12.1. The van der Waals surface area contributed by atoms with Crippen LogP contribution < -0.4 is 10.1 Å². The minimum Gasteiger partial charge on any atom is -0.474 e. The van der Waals surface area contributed by atoms with Crippen molar-refractivity contribution >= 4 is 23.7 Å². The zero-order valence-corrected chi connectivity index (χ0v) is 15.6. The van der Waals surface area contributed by atoms with E-state index in [0.717, 1.165) is 12.8 Å². The molecule has 1 aromatic heterocycles. The Morgan fingerprint density at radius 1 is 1.40 bits per heavy atom. The standard InChI is InChI=1S/C17H23ClN2O5/c1-17(2,3)25-16(22)20-13(15(21)23-4)8-10-7-11(18)9-19-14(10)24-12-5-6-12/h7,9,12-13H,5-6,8H2,1-4H3,(H,20,22)/t13-/m0/s1. The summed E-state index contributed by atoms with van der Waals surface area (Å²) in [6.07, 6.45) is 2.99. The van der Waals surface area contributed by atoms with Crippen LogP contribution in [0.5, 0.6) is 5.88 Å². The Bertz CT molecular complexity index is 640. The highest BCUT2D eigenvalue weighted by Crippen LogP contribution is 2.29. The van der Waals surface area contributed by atoms with Crippen LogP contribution >= 0.6 is 11.6 Å². The predicted molar refractivity (Wildman–Crippen MR) is 91.8 cm³/mol. The van der Waals surface area contributed by atoms with Crippen molar-refractivity contribution in [1.82, 2.24) is 10.3 Å². The van der Waals surface area contributed by atoms with Crippen molar-refractivity contribution in [3.63, 3.8) is 0 Å². The molecule has 0 saturated heterocycles. The Balaban J connectivity index is 2.14. The van der Waals surface area contributed by atoms with Gasteiger partial charge in [0.25, 0.3) is 0 Å². The molecule has 7 nitrogen and oxygen atoms in total. The van der Waals surface area contributed by atoms with E-state index in [9.17, 15) is 9.59 Å². The van der Waals surface area contributed by atoms with Gasteiger partial charge in [0.15, 0.2) is 0 Å². The average Bonchev–Trinajstić information content (AvgIpc) is 3.30. The molecule has 1 amide bonds. The summed E-state index contributed by atoms with van der Waals surface area (Å²) in [5.74, 6) is -0.185. The van der Waals surface area contributed by atoms with E-state index in [1.807, 2.05) is 0 Å². The number of rotatable bonds is 6. The molecule has 1 fully saturated rings. The van der Waals surface area contributed by atoms with Gasteiger partial charge in [-0.2, -0.15) is 0 Å². The monoisotopic (exact) mass is 370 g/mol. The molecule has 1 saturated carbocycles. The van der Waals surface area contributed by atoms with E-state index in [1.165, 1.54) is 13.3 Å². The van der Waals surface area contributed by atoms with Gasteiger partial charge in [-0.15, -0.1) is 0 Å². The lowest BCUT2D eigenvalue weighted by atomic mass is 10.1. The number of aromatic nitrogens is 1. The third-order valence-corrected chi connectivity index (χ3v) is 3.50. The predicted octanol–water partition coefficient (Wildman–Crippen LogP) is 2.89. The van der Waals surface area contributed by atoms with E-state index in [2.05, 4.69) is 10.3 Å². The zero-order chi connectivity index (χ0) is 18.6. The fraction of sp³-hybridized carbons (Fsp3) is 0.588. The van der Waals surface area contributed by atoms with Crippen molar-refractivity contribution in [2.24, 2.45) is 0 Å². The number of carbonyl (C=O) groups is 2. The van der Waals surface area contributed by atoms with Crippen molar-refractivity contribution in [3.05, 3.63) is 22.8 Å². The van der Waals surface area contributed by atoms with E-state index in [1.54, 1.807) is 26.8 Å². The van der Waals surface area contributed by atoms with Gasteiger partial charge in [-0.25, -0.2) is 14.6 Å². The number of nitrogens with zero attached hydrogens (tertiary/aromatic N) is 1. The lowest BCUT2D eigenvalue weighted by Crippen LogP contribution is -2.45. The second kappa shape index (κ2) is 7.91. The van der Waals surface area contributed by atoms with Crippen LogP contribution in [0.3, 0.4) is 0 Å². The Morgan fingerprint density at radius 2 is 2.08 bits per heavy atom. The number of carbonyl (C=O) groups excluding carboxylic acids is 2. The minimum absolute atomic E-state index is 0.127. The van der Waals surface area contributed by atoms with Crippen molar-refractivity contribution in [3.8, 4) is 5.88 Å². The smallest absolute Gasteiger partial charge is 0.408 e. The summed E-state index contributed by atoms with van der Waals surface area (Å²) in [7, 11) is 1.25. The molecule has 0 aromatic carbocycles. The highest BCUT2D eigenvalue weighted by Gasteiger charge is 2.29. The first-order valence-corrected chi connectivity index (χ1v) is 8.44. The molecule has 1 aliphatic rings. The highest BCUT2D eigenvalue weighted by atomic mass is 35.5. The van der Waals surface area contributed by atoms with Crippen LogP contribution in [0.1, 0.15) is 39.2 Å². The minimum atomic E-state index is -0.943. The molecule has 0 unspecified atom stereocenters. The van der Waals surface area contributed by atoms with Gasteiger partial charge in [0.2, 0.25) is 5.88 Å². The molecular weight excluding hydrogens is 348 g/mol. The number of ether oxygens (including phenoxy) is 3. The van der Waals surface area contributed by atoms with Crippen LogP contribution in [0.15, 0.2) is 12.3 Å². The topological polar surface area (TPSA) is 86.8 Å². The molecule has 0 spiro atoms. The number of hydrogen-bond donors (Lipinski definition) is 1. The molecule has 1 atom stereocenters. The van der Waals surface area contributed by atoms with Gasteiger partial charge in [-0.3, -0.25) is 0 Å². The first-order valence-electron chi connectivity index (χ1n) is 8.06. The number of alkyl carbamates (subject to hydrolysis) is 1. The summed E-state index contributed by atoms with van der Waals surface area (Å²) in [6, 6.07) is 0.723. The van der Waals surface area contributed by atoms with E-state index < -0.39 is 23.7 Å². The van der Waals surface area contributed by atoms with Gasteiger partial charge in [0.1, 0.15) is 17.7 Å². The zero-order valence-electron chi connectivity index (χ0n) is 14.8. The first-order chi connectivity index (χ1) is 11.7. The number of hydrogen-bond acceptors (Lipinski definition) is 6. The Labute approximate surface area is 152 Å². The summed E-state index contributed by atoms with van der Waals surface area (Å²) < 4.78 is 15.7. The maximum absolute atomic E-state index is 12.1. The molecule has 2 rings (SSSR count).